The van der Waals surface area contributed by atoms with Gasteiger partial charge in [0.05, 0.1) is 26.9 Å². The van der Waals surface area contributed by atoms with Gasteiger partial charge in [-0.25, -0.2) is 14.6 Å². The monoisotopic (exact) mass is 367 g/mol. The van der Waals surface area contributed by atoms with Crippen LogP contribution in [0.15, 0.2) is 53.2 Å². The highest BCUT2D eigenvalue weighted by molar-refractivity contribution is 6.13. The zero-order valence-electron chi connectivity index (χ0n) is 15.0. The highest BCUT2D eigenvalue weighted by atomic mass is 16.6. The zero-order chi connectivity index (χ0) is 19.4. The van der Waals surface area contributed by atoms with E-state index in [1.54, 1.807) is 48.5 Å². The van der Waals surface area contributed by atoms with Gasteiger partial charge in [0.1, 0.15) is 0 Å². The maximum absolute atomic E-state index is 12.1. The van der Waals surface area contributed by atoms with Crippen molar-refractivity contribution >= 4 is 23.9 Å². The average Bonchev–Trinajstić information content (AvgIpc) is 3.07. The first-order valence-corrected chi connectivity index (χ1v) is 7.99. The molecule has 0 unspecified atom stereocenters. The predicted molar refractivity (Wildman–Crippen MR) is 97.9 cm³/mol. The van der Waals surface area contributed by atoms with E-state index in [1.807, 2.05) is 0 Å². The first kappa shape index (κ1) is 18.2. The summed E-state index contributed by atoms with van der Waals surface area (Å²) < 4.78 is 20.4. The number of esters is 2. The molecule has 27 heavy (non-hydrogen) atoms. The lowest BCUT2D eigenvalue weighted by Gasteiger charge is -2.08. The molecule has 3 rings (SSSR count). The molecule has 2 aromatic rings. The van der Waals surface area contributed by atoms with E-state index in [1.165, 1.54) is 21.3 Å². The second kappa shape index (κ2) is 7.74. The molecule has 2 aromatic carbocycles. The Bertz CT molecular complexity index is 943. The maximum atomic E-state index is 12.1. The van der Waals surface area contributed by atoms with Gasteiger partial charge in [-0.3, -0.25) is 0 Å². The van der Waals surface area contributed by atoms with E-state index in [2.05, 4.69) is 9.73 Å². The number of rotatable bonds is 5. The van der Waals surface area contributed by atoms with Gasteiger partial charge in [-0.2, -0.15) is 0 Å². The topological polar surface area (TPSA) is 83.4 Å². The third kappa shape index (κ3) is 3.82. The number of carbonyl (C=O) groups excluding carboxylic acids is 2. The molecule has 0 N–H and O–H groups in total. The van der Waals surface area contributed by atoms with E-state index in [-0.39, 0.29) is 11.6 Å². The molecule has 138 valence electrons. The summed E-state index contributed by atoms with van der Waals surface area (Å²) in [4.78, 5) is 27.8. The minimum Gasteiger partial charge on any atom is -0.493 e. The molecule has 0 atom stereocenters. The van der Waals surface area contributed by atoms with Gasteiger partial charge in [0.2, 0.25) is 5.90 Å². The van der Waals surface area contributed by atoms with Crippen molar-refractivity contribution in [2.75, 3.05) is 21.3 Å². The van der Waals surface area contributed by atoms with Crippen LogP contribution in [0.1, 0.15) is 21.5 Å². The molecule has 7 heteroatoms. The van der Waals surface area contributed by atoms with E-state index in [9.17, 15) is 9.59 Å². The molecule has 1 aliphatic rings. The number of benzene rings is 2. The van der Waals surface area contributed by atoms with Gasteiger partial charge >= 0.3 is 11.9 Å². The number of cyclic esters (lactones) is 1. The molecule has 1 aliphatic heterocycles. The Morgan fingerprint density at radius 1 is 1.00 bits per heavy atom. The Hall–Kier alpha value is -3.61. The van der Waals surface area contributed by atoms with Crippen LogP contribution in [0.2, 0.25) is 0 Å². The lowest BCUT2D eigenvalue weighted by atomic mass is 10.1. The van der Waals surface area contributed by atoms with Crippen molar-refractivity contribution in [2.45, 2.75) is 0 Å². The highest BCUT2D eigenvalue weighted by Crippen LogP contribution is 2.29. The van der Waals surface area contributed by atoms with E-state index < -0.39 is 11.9 Å². The minimum atomic E-state index is -0.558. The van der Waals surface area contributed by atoms with Gasteiger partial charge in [0, 0.05) is 5.56 Å². The summed E-state index contributed by atoms with van der Waals surface area (Å²) in [5.74, 6) is 0.260. The predicted octanol–water partition coefficient (Wildman–Crippen LogP) is 2.83. The molecule has 0 spiro atoms. The fourth-order valence-corrected chi connectivity index (χ4v) is 2.49. The Labute approximate surface area is 155 Å². The Morgan fingerprint density at radius 2 is 1.70 bits per heavy atom. The lowest BCUT2D eigenvalue weighted by molar-refractivity contribution is -0.129. The van der Waals surface area contributed by atoms with Gasteiger partial charge in [0.25, 0.3) is 0 Å². The van der Waals surface area contributed by atoms with E-state index >= 15 is 0 Å². The van der Waals surface area contributed by atoms with Crippen LogP contribution in [0.4, 0.5) is 0 Å². The number of nitrogens with zero attached hydrogens (tertiary/aromatic N) is 1. The van der Waals surface area contributed by atoms with Crippen molar-refractivity contribution in [3.63, 3.8) is 0 Å². The lowest BCUT2D eigenvalue weighted by Crippen LogP contribution is -2.06. The van der Waals surface area contributed by atoms with Crippen LogP contribution < -0.4 is 9.47 Å². The zero-order valence-corrected chi connectivity index (χ0v) is 15.0. The number of aliphatic imine (C=N–C) groups is 1. The average molecular weight is 367 g/mol. The fourth-order valence-electron chi connectivity index (χ4n) is 2.49. The SMILES string of the molecule is COC(=O)c1ccc(/C=C2\N=C(c3ccc(OC)c(OC)c3)OC2=O)cc1. The smallest absolute Gasteiger partial charge is 0.363 e. The summed E-state index contributed by atoms with van der Waals surface area (Å²) in [6.45, 7) is 0. The Balaban J connectivity index is 1.88. The first-order valence-electron chi connectivity index (χ1n) is 7.99. The molecule has 0 aliphatic carbocycles. The van der Waals surface area contributed by atoms with Crippen molar-refractivity contribution in [2.24, 2.45) is 4.99 Å². The summed E-state index contributed by atoms with van der Waals surface area (Å²) in [6, 6.07) is 11.7. The molecule has 7 nitrogen and oxygen atoms in total. The van der Waals surface area contributed by atoms with Gasteiger partial charge in [0.15, 0.2) is 17.2 Å². The van der Waals surface area contributed by atoms with Crippen LogP contribution in [0, 0.1) is 0 Å². The molecule has 0 saturated heterocycles. The van der Waals surface area contributed by atoms with E-state index in [0.29, 0.717) is 28.2 Å². The number of hydrogen-bond acceptors (Lipinski definition) is 7. The standard InChI is InChI=1S/C20H17NO6/c1-24-16-9-8-14(11-17(16)25-2)18-21-15(20(23)27-18)10-12-4-6-13(7-5-12)19(22)26-3/h4-11H,1-3H3/b15-10-. The number of carbonyl (C=O) groups is 2. The molecule has 0 saturated carbocycles. The van der Waals surface area contributed by atoms with Crippen LogP contribution in [0.25, 0.3) is 6.08 Å². The largest absolute Gasteiger partial charge is 0.493 e. The number of methoxy groups -OCH3 is 3. The van der Waals surface area contributed by atoms with Crippen molar-refractivity contribution in [1.82, 2.24) is 0 Å². The molecule has 0 radical (unpaired) electrons. The second-order valence-electron chi connectivity index (χ2n) is 5.52. The second-order valence-corrected chi connectivity index (χ2v) is 5.52. The van der Waals surface area contributed by atoms with Crippen molar-refractivity contribution in [3.05, 3.63) is 64.9 Å². The van der Waals surface area contributed by atoms with Crippen LogP contribution >= 0.6 is 0 Å². The molecule has 0 bridgehead atoms. The van der Waals surface area contributed by atoms with Crippen LogP contribution in [0.5, 0.6) is 11.5 Å². The molecule has 0 fully saturated rings. The van der Waals surface area contributed by atoms with Crippen molar-refractivity contribution in [1.29, 1.82) is 0 Å². The third-order valence-corrected chi connectivity index (χ3v) is 3.89. The van der Waals surface area contributed by atoms with Crippen molar-refractivity contribution < 1.29 is 28.5 Å². The number of ether oxygens (including phenoxy) is 4. The molecule has 0 aromatic heterocycles. The Morgan fingerprint density at radius 3 is 2.33 bits per heavy atom. The normalized spacial score (nSPS) is 14.6. The molecule has 1 heterocycles. The highest BCUT2D eigenvalue weighted by Gasteiger charge is 2.25. The van der Waals surface area contributed by atoms with Gasteiger partial charge in [-0.1, -0.05) is 12.1 Å². The quantitative estimate of drug-likeness (QED) is 0.597. The van der Waals surface area contributed by atoms with E-state index in [0.717, 1.165) is 0 Å². The molecular weight excluding hydrogens is 350 g/mol. The van der Waals surface area contributed by atoms with Gasteiger partial charge in [-0.05, 0) is 42.0 Å². The Kier molecular flexibility index (Phi) is 5.21. The first-order chi connectivity index (χ1) is 13.0. The number of hydrogen-bond donors (Lipinski definition) is 0. The van der Waals surface area contributed by atoms with Crippen LogP contribution in [0.3, 0.4) is 0 Å². The summed E-state index contributed by atoms with van der Waals surface area (Å²) in [6.07, 6.45) is 1.58. The summed E-state index contributed by atoms with van der Waals surface area (Å²) >= 11 is 0. The molecular formula is C20H17NO6. The van der Waals surface area contributed by atoms with Crippen LogP contribution in [-0.2, 0) is 14.3 Å². The van der Waals surface area contributed by atoms with Gasteiger partial charge in [-0.15, -0.1) is 0 Å². The van der Waals surface area contributed by atoms with Gasteiger partial charge < -0.3 is 18.9 Å². The minimum absolute atomic E-state index is 0.158. The van der Waals surface area contributed by atoms with Crippen LogP contribution in [-0.4, -0.2) is 39.2 Å². The van der Waals surface area contributed by atoms with E-state index in [4.69, 9.17) is 14.2 Å². The summed E-state index contributed by atoms with van der Waals surface area (Å²) in [5.41, 5.74) is 1.87. The summed E-state index contributed by atoms with van der Waals surface area (Å²) in [5, 5.41) is 0. The third-order valence-electron chi connectivity index (χ3n) is 3.89. The fraction of sp³-hybridized carbons (Fsp3) is 0.150. The van der Waals surface area contributed by atoms with Crippen molar-refractivity contribution in [3.8, 4) is 11.5 Å². The molecule has 0 amide bonds. The maximum Gasteiger partial charge on any atom is 0.363 e. The summed E-state index contributed by atoms with van der Waals surface area (Å²) in [7, 11) is 4.38.